The molecule has 2 aromatic carbocycles. The van der Waals surface area contributed by atoms with Crippen LogP contribution in [0.4, 0.5) is 4.39 Å². The van der Waals surface area contributed by atoms with Crippen molar-refractivity contribution in [2.45, 2.75) is 12.6 Å². The van der Waals surface area contributed by atoms with Crippen molar-refractivity contribution in [2.75, 3.05) is 7.11 Å². The lowest BCUT2D eigenvalue weighted by Crippen LogP contribution is -2.29. The summed E-state index contributed by atoms with van der Waals surface area (Å²) >= 11 is 6.28. The van der Waals surface area contributed by atoms with E-state index in [4.69, 9.17) is 16.3 Å². The lowest BCUT2D eigenvalue weighted by atomic mass is 9.95. The van der Waals surface area contributed by atoms with Gasteiger partial charge in [-0.05, 0) is 53.6 Å². The molecular weight excluding hydrogens is 435 g/mol. The number of carbonyl (C=O) groups is 2. The fourth-order valence-electron chi connectivity index (χ4n) is 3.68. The first-order valence-electron chi connectivity index (χ1n) is 9.67. The van der Waals surface area contributed by atoms with Crippen LogP contribution in [0.15, 0.2) is 72.6 Å². The number of amides is 1. The SMILES string of the molecule is COc1ccc(Cl)c(/C(O)=C2\C(=O)C(=O)N(Cc3ccc(F)cc3)C2c2ccncc2)c1. The molecule has 1 aliphatic rings. The molecule has 4 rings (SSSR count). The molecule has 6 nitrogen and oxygen atoms in total. The average molecular weight is 453 g/mol. The van der Waals surface area contributed by atoms with Gasteiger partial charge in [0, 0.05) is 24.5 Å². The zero-order chi connectivity index (χ0) is 22.8. The molecule has 0 radical (unpaired) electrons. The highest BCUT2D eigenvalue weighted by atomic mass is 35.5. The first-order chi connectivity index (χ1) is 15.4. The summed E-state index contributed by atoms with van der Waals surface area (Å²) in [5.41, 5.74) is 1.29. The minimum Gasteiger partial charge on any atom is -0.507 e. The molecule has 0 aliphatic carbocycles. The van der Waals surface area contributed by atoms with E-state index in [0.717, 1.165) is 0 Å². The number of hydrogen-bond acceptors (Lipinski definition) is 5. The van der Waals surface area contributed by atoms with Crippen molar-refractivity contribution in [1.29, 1.82) is 0 Å². The summed E-state index contributed by atoms with van der Waals surface area (Å²) in [6.45, 7) is 0.0421. The molecule has 2 heterocycles. The summed E-state index contributed by atoms with van der Waals surface area (Å²) < 4.78 is 18.5. The number of ether oxygens (including phenoxy) is 1. The van der Waals surface area contributed by atoms with E-state index < -0.39 is 29.3 Å². The standard InChI is InChI=1S/C24H18ClFN2O4/c1-32-17-6-7-19(25)18(12-17)22(29)20-21(15-8-10-27-11-9-15)28(24(31)23(20)30)13-14-2-4-16(26)5-3-14/h2-12,21,29H,13H2,1H3/b22-20+. The Bertz CT molecular complexity index is 1210. The number of halogens is 2. The Morgan fingerprint density at radius 1 is 1.12 bits per heavy atom. The van der Waals surface area contributed by atoms with Gasteiger partial charge in [0.05, 0.1) is 23.7 Å². The van der Waals surface area contributed by atoms with Crippen LogP contribution >= 0.6 is 11.6 Å². The lowest BCUT2D eigenvalue weighted by molar-refractivity contribution is -0.140. The number of benzene rings is 2. The van der Waals surface area contributed by atoms with Crippen LogP contribution in [0.2, 0.25) is 5.02 Å². The molecule has 3 aromatic rings. The summed E-state index contributed by atoms with van der Waals surface area (Å²) in [7, 11) is 1.46. The van der Waals surface area contributed by atoms with Gasteiger partial charge in [0.25, 0.3) is 11.7 Å². The van der Waals surface area contributed by atoms with E-state index in [9.17, 15) is 19.1 Å². The van der Waals surface area contributed by atoms with E-state index >= 15 is 0 Å². The van der Waals surface area contributed by atoms with Crippen molar-refractivity contribution >= 4 is 29.1 Å². The van der Waals surface area contributed by atoms with E-state index in [-0.39, 0.29) is 22.7 Å². The molecule has 1 unspecified atom stereocenters. The van der Waals surface area contributed by atoms with Crippen LogP contribution in [0, 0.1) is 5.82 Å². The lowest BCUT2D eigenvalue weighted by Gasteiger charge is -2.25. The van der Waals surface area contributed by atoms with E-state index in [2.05, 4.69) is 4.98 Å². The maximum atomic E-state index is 13.3. The summed E-state index contributed by atoms with van der Waals surface area (Å²) in [6.07, 6.45) is 3.07. The van der Waals surface area contributed by atoms with Gasteiger partial charge in [0.1, 0.15) is 17.3 Å². The van der Waals surface area contributed by atoms with Gasteiger partial charge in [-0.2, -0.15) is 0 Å². The number of aromatic nitrogens is 1. The number of pyridine rings is 1. The molecule has 0 saturated carbocycles. The predicted molar refractivity (Wildman–Crippen MR) is 116 cm³/mol. The van der Waals surface area contributed by atoms with E-state index in [1.165, 1.54) is 60.8 Å². The molecule has 0 bridgehead atoms. The fourth-order valence-corrected chi connectivity index (χ4v) is 3.89. The minimum atomic E-state index is -0.884. The molecule has 162 valence electrons. The quantitative estimate of drug-likeness (QED) is 0.350. The first-order valence-corrected chi connectivity index (χ1v) is 10.0. The van der Waals surface area contributed by atoms with E-state index in [0.29, 0.717) is 16.9 Å². The summed E-state index contributed by atoms with van der Waals surface area (Å²) in [6, 6.07) is 12.7. The van der Waals surface area contributed by atoms with Gasteiger partial charge >= 0.3 is 0 Å². The summed E-state index contributed by atoms with van der Waals surface area (Å²) in [5, 5.41) is 11.3. The maximum absolute atomic E-state index is 13.3. The first kappa shape index (κ1) is 21.5. The smallest absolute Gasteiger partial charge is 0.295 e. The van der Waals surface area contributed by atoms with Gasteiger partial charge in [-0.1, -0.05) is 23.7 Å². The molecule has 0 spiro atoms. The molecule has 8 heteroatoms. The number of Topliss-reactive ketones (excluding diaryl/α,β-unsaturated/α-hetero) is 1. The van der Waals surface area contributed by atoms with Crippen LogP contribution in [0.25, 0.3) is 5.76 Å². The van der Waals surface area contributed by atoms with Gasteiger partial charge in [-0.25, -0.2) is 4.39 Å². The zero-order valence-corrected chi connectivity index (χ0v) is 17.7. The second kappa shape index (κ2) is 8.80. The normalized spacial score (nSPS) is 17.6. The third-order valence-electron chi connectivity index (χ3n) is 5.26. The highest BCUT2D eigenvalue weighted by molar-refractivity contribution is 6.47. The van der Waals surface area contributed by atoms with Crippen LogP contribution in [0.3, 0.4) is 0 Å². The van der Waals surface area contributed by atoms with Gasteiger partial charge in [0.15, 0.2) is 0 Å². The number of methoxy groups -OCH3 is 1. The van der Waals surface area contributed by atoms with E-state index in [1.807, 2.05) is 0 Å². The number of hydrogen-bond donors (Lipinski definition) is 1. The maximum Gasteiger partial charge on any atom is 0.295 e. The largest absolute Gasteiger partial charge is 0.507 e. The number of likely N-dealkylation sites (tertiary alicyclic amines) is 1. The Labute approximate surface area is 188 Å². The molecule has 1 fully saturated rings. The van der Waals surface area contributed by atoms with Crippen LogP contribution in [-0.2, 0) is 16.1 Å². The van der Waals surface area contributed by atoms with E-state index in [1.54, 1.807) is 18.2 Å². The van der Waals surface area contributed by atoms with Gasteiger partial charge in [-0.3, -0.25) is 14.6 Å². The van der Waals surface area contributed by atoms with Crippen molar-refractivity contribution in [3.8, 4) is 5.75 Å². The Balaban J connectivity index is 1.87. The van der Waals surface area contributed by atoms with Crippen molar-refractivity contribution < 1.29 is 23.8 Å². The number of ketones is 1. The number of aliphatic hydroxyl groups is 1. The third kappa shape index (κ3) is 3.94. The Morgan fingerprint density at radius 2 is 1.81 bits per heavy atom. The second-order valence-corrected chi connectivity index (χ2v) is 7.59. The van der Waals surface area contributed by atoms with Crippen molar-refractivity contribution in [3.05, 3.63) is 100 Å². The van der Waals surface area contributed by atoms with Crippen molar-refractivity contribution in [3.63, 3.8) is 0 Å². The Hall–Kier alpha value is -3.71. The summed E-state index contributed by atoms with van der Waals surface area (Å²) in [5.74, 6) is -2.01. The van der Waals surface area contributed by atoms with Crippen LogP contribution in [0.5, 0.6) is 5.75 Å². The molecule has 1 aromatic heterocycles. The number of aliphatic hydroxyl groups excluding tert-OH is 1. The Morgan fingerprint density at radius 3 is 2.47 bits per heavy atom. The number of carbonyl (C=O) groups excluding carboxylic acids is 2. The number of rotatable bonds is 5. The van der Waals surface area contributed by atoms with Gasteiger partial charge in [-0.15, -0.1) is 0 Å². The molecular formula is C24H18ClFN2O4. The molecule has 1 saturated heterocycles. The van der Waals surface area contributed by atoms with Gasteiger partial charge in [0.2, 0.25) is 0 Å². The highest BCUT2D eigenvalue weighted by Gasteiger charge is 2.46. The van der Waals surface area contributed by atoms with Crippen LogP contribution < -0.4 is 4.74 Å². The second-order valence-electron chi connectivity index (χ2n) is 7.18. The Kier molecular flexibility index (Phi) is 5.92. The highest BCUT2D eigenvalue weighted by Crippen LogP contribution is 2.41. The molecule has 1 N–H and O–H groups in total. The number of nitrogens with zero attached hydrogens (tertiary/aromatic N) is 2. The monoisotopic (exact) mass is 452 g/mol. The topological polar surface area (TPSA) is 79.7 Å². The fraction of sp³-hybridized carbons (Fsp3) is 0.125. The minimum absolute atomic E-state index is 0.0421. The van der Waals surface area contributed by atoms with Crippen molar-refractivity contribution in [1.82, 2.24) is 9.88 Å². The third-order valence-corrected chi connectivity index (χ3v) is 5.59. The average Bonchev–Trinajstić information content (AvgIpc) is 3.06. The van der Waals surface area contributed by atoms with Crippen molar-refractivity contribution in [2.24, 2.45) is 0 Å². The van der Waals surface area contributed by atoms with Crippen LogP contribution in [0.1, 0.15) is 22.7 Å². The predicted octanol–water partition coefficient (Wildman–Crippen LogP) is 4.50. The summed E-state index contributed by atoms with van der Waals surface area (Å²) in [4.78, 5) is 31.4. The van der Waals surface area contributed by atoms with Crippen LogP contribution in [-0.4, -0.2) is 33.8 Å². The molecule has 32 heavy (non-hydrogen) atoms. The zero-order valence-electron chi connectivity index (χ0n) is 17.0. The van der Waals surface area contributed by atoms with Gasteiger partial charge < -0.3 is 14.7 Å². The molecule has 1 atom stereocenters. The molecule has 1 aliphatic heterocycles. The molecule has 1 amide bonds.